The number of carbonyl (C=O) groups excluding carboxylic acids is 1. The van der Waals surface area contributed by atoms with Gasteiger partial charge < -0.3 is 15.7 Å². The number of urea groups is 1. The van der Waals surface area contributed by atoms with E-state index in [1.165, 1.54) is 0 Å². The van der Waals surface area contributed by atoms with Crippen LogP contribution in [-0.2, 0) is 0 Å². The van der Waals surface area contributed by atoms with E-state index in [-0.39, 0.29) is 24.6 Å². The normalized spacial score (nSPS) is 12.8. The minimum atomic E-state index is -0.252. The Labute approximate surface area is 67.0 Å². The molecule has 0 radical (unpaired) electrons. The fourth-order valence-electron chi connectivity index (χ4n) is 0.664. The lowest BCUT2D eigenvalue weighted by Gasteiger charge is -2.19. The number of aliphatic hydroxyl groups excluding tert-OH is 1. The molecule has 0 rings (SSSR count). The zero-order chi connectivity index (χ0) is 8.85. The number of hydrogen-bond donors (Lipinski definition) is 3. The van der Waals surface area contributed by atoms with Gasteiger partial charge in [0.05, 0.1) is 12.6 Å². The average molecular weight is 160 g/mol. The lowest BCUT2D eigenvalue weighted by molar-refractivity contribution is 0.199. The molecule has 1 atom stereocenters. The SMILES string of the molecule is CNC(=O)NC(CO)C(C)C. The van der Waals surface area contributed by atoms with Gasteiger partial charge in [0.1, 0.15) is 0 Å². The Morgan fingerprint density at radius 3 is 2.36 bits per heavy atom. The summed E-state index contributed by atoms with van der Waals surface area (Å²) in [6.45, 7) is 3.86. The van der Waals surface area contributed by atoms with Crippen molar-refractivity contribution in [1.82, 2.24) is 10.6 Å². The summed E-state index contributed by atoms with van der Waals surface area (Å²) in [6, 6.07) is -0.410. The quantitative estimate of drug-likeness (QED) is 0.541. The highest BCUT2D eigenvalue weighted by molar-refractivity contribution is 5.73. The zero-order valence-corrected chi connectivity index (χ0v) is 7.22. The highest BCUT2D eigenvalue weighted by Gasteiger charge is 2.13. The van der Waals surface area contributed by atoms with Crippen molar-refractivity contribution in [2.45, 2.75) is 19.9 Å². The molecule has 0 heterocycles. The van der Waals surface area contributed by atoms with Crippen molar-refractivity contribution in [2.24, 2.45) is 5.92 Å². The van der Waals surface area contributed by atoms with Crippen LogP contribution in [0.5, 0.6) is 0 Å². The van der Waals surface area contributed by atoms with Crippen LogP contribution >= 0.6 is 0 Å². The van der Waals surface area contributed by atoms with E-state index in [1.807, 2.05) is 13.8 Å². The molecule has 4 nitrogen and oxygen atoms in total. The highest BCUT2D eigenvalue weighted by atomic mass is 16.3. The monoisotopic (exact) mass is 160 g/mol. The van der Waals surface area contributed by atoms with E-state index >= 15 is 0 Å². The summed E-state index contributed by atoms with van der Waals surface area (Å²) in [4.78, 5) is 10.8. The summed E-state index contributed by atoms with van der Waals surface area (Å²) < 4.78 is 0. The molecule has 0 saturated carbocycles. The maximum Gasteiger partial charge on any atom is 0.314 e. The van der Waals surface area contributed by atoms with E-state index < -0.39 is 0 Å². The van der Waals surface area contributed by atoms with Crippen LogP contribution in [0, 0.1) is 5.92 Å². The Balaban J connectivity index is 3.78. The first-order valence-electron chi connectivity index (χ1n) is 3.71. The molecular weight excluding hydrogens is 144 g/mol. The minimum Gasteiger partial charge on any atom is -0.394 e. The van der Waals surface area contributed by atoms with Crippen molar-refractivity contribution in [1.29, 1.82) is 0 Å². The van der Waals surface area contributed by atoms with Gasteiger partial charge in [-0.3, -0.25) is 0 Å². The molecule has 0 aliphatic carbocycles. The number of amides is 2. The van der Waals surface area contributed by atoms with Gasteiger partial charge in [0.25, 0.3) is 0 Å². The van der Waals surface area contributed by atoms with Gasteiger partial charge in [-0.25, -0.2) is 4.79 Å². The number of aliphatic hydroxyl groups is 1. The Morgan fingerprint density at radius 1 is 1.55 bits per heavy atom. The van der Waals surface area contributed by atoms with Crippen LogP contribution in [0.1, 0.15) is 13.8 Å². The van der Waals surface area contributed by atoms with Crippen molar-refractivity contribution < 1.29 is 9.90 Å². The van der Waals surface area contributed by atoms with Gasteiger partial charge >= 0.3 is 6.03 Å². The summed E-state index contributed by atoms with van der Waals surface area (Å²) in [7, 11) is 1.55. The predicted octanol–water partition coefficient (Wildman–Crippen LogP) is -0.0677. The maximum atomic E-state index is 10.8. The number of hydrogen-bond acceptors (Lipinski definition) is 2. The smallest absolute Gasteiger partial charge is 0.314 e. The van der Waals surface area contributed by atoms with Crippen molar-refractivity contribution in [2.75, 3.05) is 13.7 Å². The standard InChI is InChI=1S/C7H16N2O2/c1-5(2)6(4-10)9-7(11)8-3/h5-6,10H,4H2,1-3H3,(H2,8,9,11). The van der Waals surface area contributed by atoms with Crippen LogP contribution in [0.25, 0.3) is 0 Å². The van der Waals surface area contributed by atoms with Crippen LogP contribution in [-0.4, -0.2) is 30.8 Å². The third kappa shape index (κ3) is 3.83. The van der Waals surface area contributed by atoms with Gasteiger partial charge in [-0.2, -0.15) is 0 Å². The van der Waals surface area contributed by atoms with Crippen LogP contribution in [0.4, 0.5) is 4.79 Å². The van der Waals surface area contributed by atoms with E-state index in [1.54, 1.807) is 7.05 Å². The van der Waals surface area contributed by atoms with Gasteiger partial charge in [0.2, 0.25) is 0 Å². The second-order valence-electron chi connectivity index (χ2n) is 2.76. The molecule has 0 aromatic heterocycles. The topological polar surface area (TPSA) is 61.4 Å². The predicted molar refractivity (Wildman–Crippen MR) is 43.3 cm³/mol. The van der Waals surface area contributed by atoms with Crippen LogP contribution < -0.4 is 10.6 Å². The molecule has 0 aromatic carbocycles. The van der Waals surface area contributed by atoms with Crippen LogP contribution in [0.15, 0.2) is 0 Å². The molecule has 0 spiro atoms. The summed E-state index contributed by atoms with van der Waals surface area (Å²) in [5.41, 5.74) is 0. The zero-order valence-electron chi connectivity index (χ0n) is 7.22. The van der Waals surface area contributed by atoms with Crippen LogP contribution in [0.3, 0.4) is 0 Å². The summed E-state index contributed by atoms with van der Waals surface area (Å²) in [6.07, 6.45) is 0. The van der Waals surface area contributed by atoms with Crippen LogP contribution in [0.2, 0.25) is 0 Å². The molecule has 0 bridgehead atoms. The molecule has 2 amide bonds. The van der Waals surface area contributed by atoms with Gasteiger partial charge in [0.15, 0.2) is 0 Å². The summed E-state index contributed by atoms with van der Waals surface area (Å²) in [5.74, 6) is 0.247. The maximum absolute atomic E-state index is 10.8. The molecule has 0 saturated heterocycles. The average Bonchev–Trinajstić information content (AvgIpc) is 1.99. The number of rotatable bonds is 3. The van der Waals surface area contributed by atoms with Gasteiger partial charge in [-0.05, 0) is 5.92 Å². The first-order chi connectivity index (χ1) is 5.11. The number of carbonyl (C=O) groups is 1. The summed E-state index contributed by atoms with van der Waals surface area (Å²) in [5, 5.41) is 13.8. The molecular formula is C7H16N2O2. The molecule has 0 fully saturated rings. The van der Waals surface area contributed by atoms with Gasteiger partial charge in [-0.15, -0.1) is 0 Å². The Hall–Kier alpha value is -0.770. The molecule has 11 heavy (non-hydrogen) atoms. The van der Waals surface area contributed by atoms with E-state index in [0.717, 1.165) is 0 Å². The number of nitrogens with one attached hydrogen (secondary N) is 2. The molecule has 1 unspecified atom stereocenters. The molecule has 4 heteroatoms. The third-order valence-corrected chi connectivity index (χ3v) is 1.54. The Morgan fingerprint density at radius 2 is 2.09 bits per heavy atom. The Bertz CT molecular complexity index is 126. The van der Waals surface area contributed by atoms with E-state index in [9.17, 15) is 4.79 Å². The molecule has 0 aliphatic heterocycles. The largest absolute Gasteiger partial charge is 0.394 e. The second kappa shape index (κ2) is 4.96. The van der Waals surface area contributed by atoms with E-state index in [2.05, 4.69) is 10.6 Å². The Kier molecular flexibility index (Phi) is 4.61. The molecule has 0 aromatic rings. The van der Waals surface area contributed by atoms with Gasteiger partial charge in [-0.1, -0.05) is 13.8 Å². The second-order valence-corrected chi connectivity index (χ2v) is 2.76. The molecule has 66 valence electrons. The van der Waals surface area contributed by atoms with Crippen molar-refractivity contribution in [3.63, 3.8) is 0 Å². The first kappa shape index (κ1) is 10.2. The fourth-order valence-corrected chi connectivity index (χ4v) is 0.664. The van der Waals surface area contributed by atoms with Crippen molar-refractivity contribution >= 4 is 6.03 Å². The van der Waals surface area contributed by atoms with Crippen molar-refractivity contribution in [3.05, 3.63) is 0 Å². The van der Waals surface area contributed by atoms with E-state index in [0.29, 0.717) is 0 Å². The summed E-state index contributed by atoms with van der Waals surface area (Å²) >= 11 is 0. The molecule has 0 aliphatic rings. The van der Waals surface area contributed by atoms with Gasteiger partial charge in [0, 0.05) is 7.05 Å². The van der Waals surface area contributed by atoms with E-state index in [4.69, 9.17) is 5.11 Å². The molecule has 3 N–H and O–H groups in total. The fraction of sp³-hybridized carbons (Fsp3) is 0.857. The lowest BCUT2D eigenvalue weighted by Crippen LogP contribution is -2.45. The third-order valence-electron chi connectivity index (χ3n) is 1.54. The minimum absolute atomic E-state index is 0.0227. The highest BCUT2D eigenvalue weighted by Crippen LogP contribution is 1.99. The first-order valence-corrected chi connectivity index (χ1v) is 3.71. The van der Waals surface area contributed by atoms with Crippen molar-refractivity contribution in [3.8, 4) is 0 Å². The lowest BCUT2D eigenvalue weighted by atomic mass is 10.1.